The number of ether oxygens (including phenoxy) is 1. The molecule has 1 N–H and O–H groups in total. The summed E-state index contributed by atoms with van der Waals surface area (Å²) in [5.74, 6) is -0.992. The fraction of sp³-hybridized carbons (Fsp3) is 0.294. The summed E-state index contributed by atoms with van der Waals surface area (Å²) in [6.45, 7) is 0.610. The molecule has 0 bridgehead atoms. The lowest BCUT2D eigenvalue weighted by atomic mass is 10.1. The van der Waals surface area contributed by atoms with Crippen LogP contribution in [0, 0.1) is 0 Å². The van der Waals surface area contributed by atoms with Crippen molar-refractivity contribution in [2.45, 2.75) is 25.4 Å². The minimum absolute atomic E-state index is 0.0398. The predicted molar refractivity (Wildman–Crippen MR) is 91.5 cm³/mol. The van der Waals surface area contributed by atoms with Crippen LogP contribution in [0.15, 0.2) is 35.1 Å². The molecule has 1 unspecified atom stereocenters. The zero-order chi connectivity index (χ0) is 22.1. The summed E-state index contributed by atoms with van der Waals surface area (Å²) in [5, 5.41) is 6.43. The fourth-order valence-corrected chi connectivity index (χ4v) is 2.37. The number of alkyl halides is 6. The Bertz CT molecular complexity index is 1030. The number of nitrogens with zero attached hydrogens (tertiary/aromatic N) is 4. The van der Waals surface area contributed by atoms with E-state index in [0.717, 1.165) is 12.1 Å². The second kappa shape index (κ2) is 7.80. The van der Waals surface area contributed by atoms with Gasteiger partial charge in [0.05, 0.1) is 5.56 Å². The zero-order valence-corrected chi connectivity index (χ0v) is 15.3. The third-order valence-electron chi connectivity index (χ3n) is 3.87. The van der Waals surface area contributed by atoms with E-state index in [-0.39, 0.29) is 23.0 Å². The zero-order valence-electron chi connectivity index (χ0n) is 15.3. The standard InChI is InChI=1S/C17H13F6N5O2/c1-8(16(18,19)20)29-11-4-3-9(7-10(11)17(21,22)23)15-27-14(28-30-15)12-13(24-2)26-6-5-25-12/h3-8H,1-2H3,(H,24,26). The second-order valence-corrected chi connectivity index (χ2v) is 5.94. The molecule has 7 nitrogen and oxygen atoms in total. The van der Waals surface area contributed by atoms with Gasteiger partial charge in [0.2, 0.25) is 5.82 Å². The van der Waals surface area contributed by atoms with Gasteiger partial charge < -0.3 is 14.6 Å². The second-order valence-electron chi connectivity index (χ2n) is 5.94. The summed E-state index contributed by atoms with van der Waals surface area (Å²) in [6, 6.07) is 2.43. The Morgan fingerprint density at radius 2 is 1.77 bits per heavy atom. The first-order valence-corrected chi connectivity index (χ1v) is 8.28. The molecule has 30 heavy (non-hydrogen) atoms. The number of rotatable bonds is 5. The van der Waals surface area contributed by atoms with Crippen LogP contribution in [0.5, 0.6) is 5.75 Å². The molecule has 0 aliphatic heterocycles. The summed E-state index contributed by atoms with van der Waals surface area (Å²) in [4.78, 5) is 12.0. The van der Waals surface area contributed by atoms with Crippen LogP contribution in [0.4, 0.5) is 32.2 Å². The van der Waals surface area contributed by atoms with E-state index in [0.29, 0.717) is 18.8 Å². The van der Waals surface area contributed by atoms with E-state index in [1.165, 1.54) is 12.4 Å². The van der Waals surface area contributed by atoms with Crippen molar-refractivity contribution >= 4 is 5.82 Å². The van der Waals surface area contributed by atoms with Crippen molar-refractivity contribution in [3.05, 3.63) is 36.2 Å². The molecule has 0 radical (unpaired) electrons. The third kappa shape index (κ3) is 4.44. The van der Waals surface area contributed by atoms with E-state index >= 15 is 0 Å². The highest BCUT2D eigenvalue weighted by Gasteiger charge is 2.41. The monoisotopic (exact) mass is 433 g/mol. The first-order valence-electron chi connectivity index (χ1n) is 8.28. The molecule has 0 saturated carbocycles. The van der Waals surface area contributed by atoms with Crippen LogP contribution in [0.3, 0.4) is 0 Å². The predicted octanol–water partition coefficient (Wildman–Crippen LogP) is 4.58. The lowest BCUT2D eigenvalue weighted by molar-refractivity contribution is -0.191. The summed E-state index contributed by atoms with van der Waals surface area (Å²) in [5.41, 5.74) is -1.38. The van der Waals surface area contributed by atoms with Gasteiger partial charge in [0.1, 0.15) is 5.75 Å². The Morgan fingerprint density at radius 3 is 2.40 bits per heavy atom. The Labute approximate surface area is 165 Å². The van der Waals surface area contributed by atoms with Gasteiger partial charge in [-0.2, -0.15) is 31.3 Å². The maximum Gasteiger partial charge on any atom is 0.425 e. The maximum absolute atomic E-state index is 13.4. The van der Waals surface area contributed by atoms with Gasteiger partial charge >= 0.3 is 12.4 Å². The first kappa shape index (κ1) is 21.3. The largest absolute Gasteiger partial charge is 0.481 e. The quantitative estimate of drug-likeness (QED) is 0.590. The van der Waals surface area contributed by atoms with Crippen LogP contribution in [0.2, 0.25) is 0 Å². The highest BCUT2D eigenvalue weighted by Crippen LogP contribution is 2.40. The van der Waals surface area contributed by atoms with Crippen molar-refractivity contribution in [3.8, 4) is 28.7 Å². The maximum atomic E-state index is 13.4. The number of anilines is 1. The lowest BCUT2D eigenvalue weighted by Gasteiger charge is -2.20. The number of nitrogens with one attached hydrogen (secondary N) is 1. The van der Waals surface area contributed by atoms with Crippen LogP contribution in [0.1, 0.15) is 12.5 Å². The van der Waals surface area contributed by atoms with Gasteiger partial charge in [-0.15, -0.1) is 0 Å². The molecule has 3 aromatic rings. The summed E-state index contributed by atoms with van der Waals surface area (Å²) < 4.78 is 87.7. The van der Waals surface area contributed by atoms with Crippen LogP contribution in [0.25, 0.3) is 23.0 Å². The van der Waals surface area contributed by atoms with Gasteiger partial charge in [-0.1, -0.05) is 5.16 Å². The minimum atomic E-state index is -4.98. The van der Waals surface area contributed by atoms with Gasteiger partial charge in [-0.25, -0.2) is 9.97 Å². The van der Waals surface area contributed by atoms with Crippen molar-refractivity contribution in [1.29, 1.82) is 0 Å². The highest BCUT2D eigenvalue weighted by molar-refractivity contribution is 5.67. The van der Waals surface area contributed by atoms with Crippen molar-refractivity contribution in [3.63, 3.8) is 0 Å². The normalized spacial score (nSPS) is 13.2. The van der Waals surface area contributed by atoms with E-state index in [1.807, 2.05) is 0 Å². The summed E-state index contributed by atoms with van der Waals surface area (Å²) >= 11 is 0. The summed E-state index contributed by atoms with van der Waals surface area (Å²) in [6.07, 6.45) is -9.47. The molecule has 13 heteroatoms. The van der Waals surface area contributed by atoms with Gasteiger partial charge in [0.15, 0.2) is 17.6 Å². The van der Waals surface area contributed by atoms with Crippen molar-refractivity contribution < 1.29 is 35.6 Å². The number of benzene rings is 1. The SMILES string of the molecule is CNc1nccnc1-c1noc(-c2ccc(OC(C)C(F)(F)F)c(C(F)(F)F)c2)n1. The Hall–Kier alpha value is -3.38. The van der Waals surface area contributed by atoms with Crippen LogP contribution in [-0.4, -0.2) is 39.4 Å². The molecule has 0 aliphatic carbocycles. The summed E-state index contributed by atoms with van der Waals surface area (Å²) in [7, 11) is 1.57. The van der Waals surface area contributed by atoms with E-state index in [2.05, 4.69) is 30.2 Å². The number of hydrogen-bond donors (Lipinski definition) is 1. The molecule has 2 heterocycles. The average Bonchev–Trinajstić information content (AvgIpc) is 3.16. The van der Waals surface area contributed by atoms with Gasteiger partial charge in [0, 0.05) is 25.0 Å². The van der Waals surface area contributed by atoms with E-state index in [4.69, 9.17) is 4.52 Å². The third-order valence-corrected chi connectivity index (χ3v) is 3.87. The van der Waals surface area contributed by atoms with E-state index < -0.39 is 29.8 Å². The highest BCUT2D eigenvalue weighted by atomic mass is 19.4. The molecule has 0 saturated heterocycles. The molecule has 160 valence electrons. The molecule has 0 fully saturated rings. The number of aromatic nitrogens is 4. The topological polar surface area (TPSA) is 86.0 Å². The molecule has 0 spiro atoms. The first-order chi connectivity index (χ1) is 14.0. The molecule has 0 aliphatic rings. The molecule has 1 aromatic carbocycles. The fourth-order valence-electron chi connectivity index (χ4n) is 2.37. The Kier molecular flexibility index (Phi) is 5.55. The minimum Gasteiger partial charge on any atom is -0.481 e. The Morgan fingerprint density at radius 1 is 1.07 bits per heavy atom. The lowest BCUT2D eigenvalue weighted by Crippen LogP contribution is -2.31. The average molecular weight is 433 g/mol. The molecule has 0 amide bonds. The van der Waals surface area contributed by atoms with Crippen molar-refractivity contribution in [1.82, 2.24) is 20.1 Å². The molecule has 2 aromatic heterocycles. The van der Waals surface area contributed by atoms with Gasteiger partial charge in [0.25, 0.3) is 5.89 Å². The molecule has 3 rings (SSSR count). The Balaban J connectivity index is 1.99. The van der Waals surface area contributed by atoms with Crippen molar-refractivity contribution in [2.24, 2.45) is 0 Å². The molecular formula is C17H13F6N5O2. The van der Waals surface area contributed by atoms with Gasteiger partial charge in [-0.3, -0.25) is 0 Å². The van der Waals surface area contributed by atoms with Crippen LogP contribution >= 0.6 is 0 Å². The molecule has 1 atom stereocenters. The number of halogens is 6. The number of hydrogen-bond acceptors (Lipinski definition) is 7. The molecular weight excluding hydrogens is 420 g/mol. The van der Waals surface area contributed by atoms with E-state index in [9.17, 15) is 26.3 Å². The smallest absolute Gasteiger partial charge is 0.425 e. The van der Waals surface area contributed by atoms with Crippen LogP contribution < -0.4 is 10.1 Å². The van der Waals surface area contributed by atoms with Gasteiger partial charge in [-0.05, 0) is 25.1 Å². The van der Waals surface area contributed by atoms with Crippen LogP contribution in [-0.2, 0) is 6.18 Å². The van der Waals surface area contributed by atoms with E-state index in [1.54, 1.807) is 7.05 Å². The van der Waals surface area contributed by atoms with Crippen molar-refractivity contribution in [2.75, 3.05) is 12.4 Å².